The SMILES string of the molecule is O=C(NCCc1ccc(Cl)cc1)[C@@H]1CCN(C(=O)Cn2nnc3ccccc32)C1. The number of halogens is 1. The number of fused-ring (bicyclic) bond motifs is 1. The van der Waals surface area contributed by atoms with Gasteiger partial charge in [0.05, 0.1) is 11.4 Å². The first-order valence-electron chi connectivity index (χ1n) is 9.68. The molecule has 1 N–H and O–H groups in total. The Bertz CT molecular complexity index is 1020. The third-order valence-electron chi connectivity index (χ3n) is 5.24. The van der Waals surface area contributed by atoms with Gasteiger partial charge in [-0.1, -0.05) is 41.1 Å². The molecule has 1 aromatic heterocycles. The Morgan fingerprint density at radius 3 is 2.76 bits per heavy atom. The molecule has 1 aliphatic heterocycles. The molecule has 7 nitrogen and oxygen atoms in total. The summed E-state index contributed by atoms with van der Waals surface area (Å²) in [5.41, 5.74) is 2.72. The second kappa shape index (κ2) is 8.61. The number of rotatable bonds is 6. The Morgan fingerprint density at radius 2 is 1.93 bits per heavy atom. The summed E-state index contributed by atoms with van der Waals surface area (Å²) in [5, 5.41) is 11.8. The molecule has 29 heavy (non-hydrogen) atoms. The predicted molar refractivity (Wildman–Crippen MR) is 110 cm³/mol. The van der Waals surface area contributed by atoms with Crippen molar-refractivity contribution in [2.24, 2.45) is 5.92 Å². The van der Waals surface area contributed by atoms with Crippen LogP contribution in [0.25, 0.3) is 11.0 Å². The van der Waals surface area contributed by atoms with Crippen molar-refractivity contribution in [2.75, 3.05) is 19.6 Å². The lowest BCUT2D eigenvalue weighted by atomic mass is 10.1. The first-order chi connectivity index (χ1) is 14.1. The summed E-state index contributed by atoms with van der Waals surface area (Å²) in [7, 11) is 0. The van der Waals surface area contributed by atoms with Crippen molar-refractivity contribution in [3.63, 3.8) is 0 Å². The Kier molecular flexibility index (Phi) is 5.76. The lowest BCUT2D eigenvalue weighted by Crippen LogP contribution is -2.36. The monoisotopic (exact) mass is 411 g/mol. The van der Waals surface area contributed by atoms with E-state index in [2.05, 4.69) is 15.6 Å². The van der Waals surface area contributed by atoms with E-state index >= 15 is 0 Å². The van der Waals surface area contributed by atoms with Crippen molar-refractivity contribution in [1.29, 1.82) is 0 Å². The minimum Gasteiger partial charge on any atom is -0.355 e. The number of nitrogens with one attached hydrogen (secondary N) is 1. The maximum atomic E-state index is 12.6. The average Bonchev–Trinajstić information content (AvgIpc) is 3.37. The number of nitrogens with zero attached hydrogens (tertiary/aromatic N) is 4. The molecule has 0 radical (unpaired) electrons. The van der Waals surface area contributed by atoms with E-state index in [1.165, 1.54) is 0 Å². The van der Waals surface area contributed by atoms with Gasteiger partial charge in [0.2, 0.25) is 11.8 Å². The van der Waals surface area contributed by atoms with Crippen molar-refractivity contribution in [1.82, 2.24) is 25.2 Å². The highest BCUT2D eigenvalue weighted by Crippen LogP contribution is 2.18. The Morgan fingerprint density at radius 1 is 1.14 bits per heavy atom. The molecule has 1 atom stereocenters. The van der Waals surface area contributed by atoms with Crippen LogP contribution >= 0.6 is 11.6 Å². The second-order valence-electron chi connectivity index (χ2n) is 7.23. The summed E-state index contributed by atoms with van der Waals surface area (Å²) in [6, 6.07) is 15.1. The standard InChI is InChI=1S/C21H22ClN5O2/c22-17-7-5-15(6-8-17)9-11-23-21(29)16-10-12-26(13-16)20(28)14-27-19-4-2-1-3-18(19)24-25-27/h1-8,16H,9-14H2,(H,23,29)/t16-/m1/s1. The first kappa shape index (κ1) is 19.4. The van der Waals surface area contributed by atoms with E-state index in [9.17, 15) is 9.59 Å². The molecule has 0 unspecified atom stereocenters. The Hall–Kier alpha value is -2.93. The van der Waals surface area contributed by atoms with E-state index in [1.807, 2.05) is 48.5 Å². The van der Waals surface area contributed by atoms with Gasteiger partial charge in [-0.05, 0) is 42.7 Å². The maximum Gasteiger partial charge on any atom is 0.244 e. The van der Waals surface area contributed by atoms with Gasteiger partial charge in [0.15, 0.2) is 0 Å². The van der Waals surface area contributed by atoms with Crippen molar-refractivity contribution >= 4 is 34.4 Å². The van der Waals surface area contributed by atoms with Gasteiger partial charge >= 0.3 is 0 Å². The van der Waals surface area contributed by atoms with Gasteiger partial charge in [-0.3, -0.25) is 9.59 Å². The molecular formula is C21H22ClN5O2. The van der Waals surface area contributed by atoms with E-state index in [0.29, 0.717) is 31.1 Å². The van der Waals surface area contributed by atoms with Crippen LogP contribution in [0.1, 0.15) is 12.0 Å². The number of carbonyl (C=O) groups excluding carboxylic acids is 2. The summed E-state index contributed by atoms with van der Waals surface area (Å²) < 4.78 is 1.61. The van der Waals surface area contributed by atoms with Gasteiger partial charge in [-0.25, -0.2) is 4.68 Å². The second-order valence-corrected chi connectivity index (χ2v) is 7.67. The normalized spacial score (nSPS) is 16.3. The van der Waals surface area contributed by atoms with Crippen LogP contribution in [-0.2, 0) is 22.6 Å². The van der Waals surface area contributed by atoms with E-state index in [-0.39, 0.29) is 24.3 Å². The molecule has 150 valence electrons. The maximum absolute atomic E-state index is 12.6. The summed E-state index contributed by atoms with van der Waals surface area (Å²) >= 11 is 5.88. The summed E-state index contributed by atoms with van der Waals surface area (Å²) in [5.74, 6) is -0.214. The number of carbonyl (C=O) groups is 2. The molecule has 4 rings (SSSR count). The molecule has 8 heteroatoms. The minimum atomic E-state index is -0.170. The first-order valence-corrected chi connectivity index (χ1v) is 10.1. The number of hydrogen-bond acceptors (Lipinski definition) is 4. The molecule has 2 aromatic carbocycles. The van der Waals surface area contributed by atoms with Crippen LogP contribution in [0, 0.1) is 5.92 Å². The molecular weight excluding hydrogens is 390 g/mol. The van der Waals surface area contributed by atoms with Gasteiger partial charge in [-0.2, -0.15) is 0 Å². The predicted octanol–water partition coefficient (Wildman–Crippen LogP) is 2.29. The van der Waals surface area contributed by atoms with Crippen LogP contribution in [0.2, 0.25) is 5.02 Å². The minimum absolute atomic E-state index is 0.000434. The molecule has 0 saturated carbocycles. The van der Waals surface area contributed by atoms with E-state index < -0.39 is 0 Å². The zero-order valence-corrected chi connectivity index (χ0v) is 16.7. The molecule has 2 amide bonds. The van der Waals surface area contributed by atoms with Crippen molar-refractivity contribution < 1.29 is 9.59 Å². The van der Waals surface area contributed by atoms with Crippen LogP contribution in [0.5, 0.6) is 0 Å². The van der Waals surface area contributed by atoms with Crippen LogP contribution in [0.4, 0.5) is 0 Å². The summed E-state index contributed by atoms with van der Waals surface area (Å²) in [6.45, 7) is 1.72. The molecule has 1 fully saturated rings. The van der Waals surface area contributed by atoms with Crippen LogP contribution in [0.15, 0.2) is 48.5 Å². The molecule has 1 saturated heterocycles. The molecule has 0 bridgehead atoms. The fraction of sp³-hybridized carbons (Fsp3) is 0.333. The van der Waals surface area contributed by atoms with Gasteiger partial charge in [0, 0.05) is 24.7 Å². The van der Waals surface area contributed by atoms with Gasteiger partial charge < -0.3 is 10.2 Å². The lowest BCUT2D eigenvalue weighted by Gasteiger charge is -2.16. The highest BCUT2D eigenvalue weighted by molar-refractivity contribution is 6.30. The molecule has 2 heterocycles. The topological polar surface area (TPSA) is 80.1 Å². The fourth-order valence-electron chi connectivity index (χ4n) is 3.59. The van der Waals surface area contributed by atoms with Gasteiger partial charge in [-0.15, -0.1) is 5.10 Å². The number of likely N-dealkylation sites (tertiary alicyclic amines) is 1. The number of hydrogen-bond donors (Lipinski definition) is 1. The van der Waals surface area contributed by atoms with Crippen LogP contribution < -0.4 is 5.32 Å². The van der Waals surface area contributed by atoms with E-state index in [0.717, 1.165) is 23.0 Å². The van der Waals surface area contributed by atoms with Crippen LogP contribution in [0.3, 0.4) is 0 Å². The number of aromatic nitrogens is 3. The number of amides is 2. The highest BCUT2D eigenvalue weighted by atomic mass is 35.5. The Balaban J connectivity index is 1.26. The van der Waals surface area contributed by atoms with Crippen molar-refractivity contribution in [3.05, 3.63) is 59.1 Å². The average molecular weight is 412 g/mol. The third-order valence-corrected chi connectivity index (χ3v) is 5.50. The fourth-order valence-corrected chi connectivity index (χ4v) is 3.71. The van der Waals surface area contributed by atoms with E-state index in [4.69, 9.17) is 11.6 Å². The van der Waals surface area contributed by atoms with Gasteiger partial charge in [0.25, 0.3) is 0 Å². The molecule has 0 spiro atoms. The van der Waals surface area contributed by atoms with E-state index in [1.54, 1.807) is 9.58 Å². The molecule has 3 aromatic rings. The highest BCUT2D eigenvalue weighted by Gasteiger charge is 2.31. The summed E-state index contributed by atoms with van der Waals surface area (Å²) in [6.07, 6.45) is 1.42. The van der Waals surface area contributed by atoms with Crippen LogP contribution in [-0.4, -0.2) is 51.3 Å². The van der Waals surface area contributed by atoms with Crippen molar-refractivity contribution in [3.8, 4) is 0 Å². The zero-order valence-electron chi connectivity index (χ0n) is 15.9. The molecule has 0 aliphatic carbocycles. The largest absolute Gasteiger partial charge is 0.355 e. The summed E-state index contributed by atoms with van der Waals surface area (Å²) in [4.78, 5) is 26.8. The lowest BCUT2D eigenvalue weighted by molar-refractivity contribution is -0.131. The third kappa shape index (κ3) is 4.56. The quantitative estimate of drug-likeness (QED) is 0.674. The molecule has 1 aliphatic rings. The smallest absolute Gasteiger partial charge is 0.244 e. The van der Waals surface area contributed by atoms with Gasteiger partial charge in [0.1, 0.15) is 12.1 Å². The zero-order chi connectivity index (χ0) is 20.2. The van der Waals surface area contributed by atoms with Crippen molar-refractivity contribution in [2.45, 2.75) is 19.4 Å². The number of benzene rings is 2. The Labute approximate surface area is 173 Å². The number of para-hydroxylation sites is 1.